The lowest BCUT2D eigenvalue weighted by molar-refractivity contribution is -0.150. The third-order valence-electron chi connectivity index (χ3n) is 3.61. The molecule has 8 nitrogen and oxygen atoms in total. The molecule has 0 heterocycles. The molecule has 0 radical (unpaired) electrons. The first-order chi connectivity index (χ1) is 13.5. The minimum atomic E-state index is -1.25. The number of carbonyl (C=O) groups is 4. The Balaban J connectivity index is 2.66. The molecule has 0 saturated carbocycles. The summed E-state index contributed by atoms with van der Waals surface area (Å²) in [5.41, 5.74) is 0.762. The Morgan fingerprint density at radius 3 is 2.36 bits per heavy atom. The van der Waals surface area contributed by atoms with Gasteiger partial charge in [0.25, 0.3) is 0 Å². The van der Waals surface area contributed by atoms with Crippen LogP contribution in [0.2, 0.25) is 0 Å². The number of esters is 2. The van der Waals surface area contributed by atoms with E-state index in [1.165, 1.54) is 0 Å². The fraction of sp³-hybridized carbons (Fsp3) is 0.500. The monoisotopic (exact) mass is 393 g/mol. The molecule has 0 bridgehead atoms. The maximum atomic E-state index is 12.4. The van der Waals surface area contributed by atoms with Gasteiger partial charge >= 0.3 is 18.0 Å². The summed E-state index contributed by atoms with van der Waals surface area (Å²) in [6.45, 7) is 3.91. The van der Waals surface area contributed by atoms with E-state index in [0.717, 1.165) is 12.0 Å². The van der Waals surface area contributed by atoms with Crippen LogP contribution in [0.15, 0.2) is 30.3 Å². The number of carbonyl (C=O) groups excluding carboxylic acids is 4. The van der Waals surface area contributed by atoms with Gasteiger partial charge in [0.1, 0.15) is 24.9 Å². The van der Waals surface area contributed by atoms with E-state index in [1.807, 2.05) is 13.0 Å². The van der Waals surface area contributed by atoms with Crippen molar-refractivity contribution in [2.75, 3.05) is 13.2 Å². The van der Waals surface area contributed by atoms with Crippen molar-refractivity contribution in [3.63, 3.8) is 0 Å². The molecule has 1 atom stereocenters. The summed E-state index contributed by atoms with van der Waals surface area (Å²) >= 11 is 0. The number of ether oxygens (including phenoxy) is 3. The molecular weight excluding hydrogens is 366 g/mol. The van der Waals surface area contributed by atoms with Gasteiger partial charge in [-0.1, -0.05) is 43.7 Å². The van der Waals surface area contributed by atoms with Crippen LogP contribution in [-0.4, -0.2) is 43.1 Å². The molecule has 0 spiro atoms. The zero-order valence-electron chi connectivity index (χ0n) is 16.3. The van der Waals surface area contributed by atoms with Crippen LogP contribution >= 0.6 is 0 Å². The van der Waals surface area contributed by atoms with Crippen molar-refractivity contribution in [1.82, 2.24) is 5.32 Å². The van der Waals surface area contributed by atoms with E-state index < -0.39 is 42.7 Å². The summed E-state index contributed by atoms with van der Waals surface area (Å²) in [6, 6.07) is 7.73. The van der Waals surface area contributed by atoms with Gasteiger partial charge in [-0.15, -0.1) is 0 Å². The van der Waals surface area contributed by atoms with Crippen LogP contribution in [0.4, 0.5) is 4.79 Å². The Labute approximate surface area is 164 Å². The van der Waals surface area contributed by atoms with Crippen molar-refractivity contribution in [2.24, 2.45) is 0 Å². The molecule has 1 aromatic carbocycles. The first-order valence-corrected chi connectivity index (χ1v) is 9.27. The van der Waals surface area contributed by atoms with Gasteiger partial charge in [-0.3, -0.25) is 9.59 Å². The smallest absolute Gasteiger partial charge is 0.407 e. The molecule has 1 N–H and O–H groups in total. The lowest BCUT2D eigenvalue weighted by Crippen LogP contribution is -2.43. The second kappa shape index (κ2) is 13.3. The quantitative estimate of drug-likeness (QED) is 0.252. The van der Waals surface area contributed by atoms with Gasteiger partial charge < -0.3 is 19.5 Å². The van der Waals surface area contributed by atoms with Gasteiger partial charge in [-0.05, 0) is 18.9 Å². The highest BCUT2D eigenvalue weighted by Gasteiger charge is 2.27. The lowest BCUT2D eigenvalue weighted by Gasteiger charge is -2.17. The topological polar surface area (TPSA) is 108 Å². The fourth-order valence-electron chi connectivity index (χ4n) is 2.19. The second-order valence-electron chi connectivity index (χ2n) is 6.00. The molecule has 0 aliphatic carbocycles. The number of hydrogen-bond donors (Lipinski definition) is 1. The lowest BCUT2D eigenvalue weighted by atomic mass is 10.1. The molecular formula is C20H27NO7. The van der Waals surface area contributed by atoms with Gasteiger partial charge in [-0.25, -0.2) is 9.59 Å². The molecule has 0 aliphatic rings. The summed E-state index contributed by atoms with van der Waals surface area (Å²) < 4.78 is 14.9. The predicted molar refractivity (Wildman–Crippen MR) is 100 cm³/mol. The fourth-order valence-corrected chi connectivity index (χ4v) is 2.19. The van der Waals surface area contributed by atoms with Crippen molar-refractivity contribution in [1.29, 1.82) is 0 Å². The second-order valence-corrected chi connectivity index (χ2v) is 6.00. The minimum absolute atomic E-state index is 0.00516. The number of nitrogens with one attached hydrogen (secondary N) is 1. The summed E-state index contributed by atoms with van der Waals surface area (Å²) in [5, 5.41) is 2.34. The van der Waals surface area contributed by atoms with E-state index in [-0.39, 0.29) is 19.8 Å². The Morgan fingerprint density at radius 2 is 1.71 bits per heavy atom. The molecule has 1 rings (SSSR count). The summed E-state index contributed by atoms with van der Waals surface area (Å²) in [4.78, 5) is 47.7. The van der Waals surface area contributed by atoms with Gasteiger partial charge in [0.2, 0.25) is 0 Å². The predicted octanol–water partition coefficient (Wildman–Crippen LogP) is 2.54. The summed E-state index contributed by atoms with van der Waals surface area (Å²) in [6.07, 6.45) is -0.177. The van der Waals surface area contributed by atoms with E-state index in [2.05, 4.69) is 5.32 Å². The Morgan fingerprint density at radius 1 is 1.00 bits per heavy atom. The number of rotatable bonds is 12. The molecule has 0 unspecified atom stereocenters. The average Bonchev–Trinajstić information content (AvgIpc) is 2.66. The van der Waals surface area contributed by atoms with E-state index in [4.69, 9.17) is 14.2 Å². The van der Waals surface area contributed by atoms with Crippen LogP contribution in [0.3, 0.4) is 0 Å². The van der Waals surface area contributed by atoms with Crippen LogP contribution in [0.1, 0.15) is 45.1 Å². The van der Waals surface area contributed by atoms with Gasteiger partial charge in [0, 0.05) is 6.42 Å². The van der Waals surface area contributed by atoms with Gasteiger partial charge in [-0.2, -0.15) is 0 Å². The number of Topliss-reactive ketones (excluding diaryl/α,β-unsaturated/α-hetero) is 1. The third-order valence-corrected chi connectivity index (χ3v) is 3.61. The van der Waals surface area contributed by atoms with E-state index in [0.29, 0.717) is 6.42 Å². The van der Waals surface area contributed by atoms with Crippen LogP contribution in [0, 0.1) is 0 Å². The van der Waals surface area contributed by atoms with Crippen molar-refractivity contribution in [3.05, 3.63) is 35.9 Å². The van der Waals surface area contributed by atoms with Crippen LogP contribution < -0.4 is 5.32 Å². The average molecular weight is 393 g/mol. The first kappa shape index (κ1) is 23.1. The molecule has 154 valence electrons. The van der Waals surface area contributed by atoms with Crippen LogP contribution in [-0.2, 0) is 35.2 Å². The zero-order chi connectivity index (χ0) is 20.8. The Bertz CT molecular complexity index is 645. The van der Waals surface area contributed by atoms with Crippen LogP contribution in [0.5, 0.6) is 0 Å². The number of alkyl carbamates (subject to hydrolysis) is 1. The van der Waals surface area contributed by atoms with Gasteiger partial charge in [0.15, 0.2) is 0 Å². The normalized spacial score (nSPS) is 11.2. The highest BCUT2D eigenvalue weighted by atomic mass is 16.6. The number of amides is 1. The van der Waals surface area contributed by atoms with Crippen LogP contribution in [0.25, 0.3) is 0 Å². The largest absolute Gasteiger partial charge is 0.466 e. The standard InChI is InChI=1S/C20H27NO7/c1-3-5-11-27-20(25)21-17(12-16(22)13-18(23)26-4-2)19(24)28-14-15-9-7-6-8-10-15/h6-10,17H,3-5,11-14H2,1-2H3,(H,21,25)/t17-/m1/s1. The molecule has 0 saturated heterocycles. The highest BCUT2D eigenvalue weighted by Crippen LogP contribution is 2.06. The molecule has 0 fully saturated rings. The SMILES string of the molecule is CCCCOC(=O)N[C@H](CC(=O)CC(=O)OCC)C(=O)OCc1ccccc1. The third kappa shape index (κ3) is 9.70. The number of ketones is 1. The zero-order valence-corrected chi connectivity index (χ0v) is 16.3. The van der Waals surface area contributed by atoms with Crippen molar-refractivity contribution >= 4 is 23.8 Å². The van der Waals surface area contributed by atoms with E-state index in [1.54, 1.807) is 31.2 Å². The minimum Gasteiger partial charge on any atom is -0.466 e. The first-order valence-electron chi connectivity index (χ1n) is 9.27. The number of hydrogen-bond acceptors (Lipinski definition) is 7. The molecule has 0 aromatic heterocycles. The maximum Gasteiger partial charge on any atom is 0.407 e. The summed E-state index contributed by atoms with van der Waals surface area (Å²) in [5.74, 6) is -2.02. The molecule has 28 heavy (non-hydrogen) atoms. The van der Waals surface area contributed by atoms with E-state index >= 15 is 0 Å². The Hall–Kier alpha value is -2.90. The maximum absolute atomic E-state index is 12.4. The number of benzene rings is 1. The molecule has 1 amide bonds. The summed E-state index contributed by atoms with van der Waals surface area (Å²) in [7, 11) is 0. The van der Waals surface area contributed by atoms with Crippen molar-refractivity contribution in [2.45, 2.75) is 52.2 Å². The molecule has 8 heteroatoms. The van der Waals surface area contributed by atoms with E-state index in [9.17, 15) is 19.2 Å². The highest BCUT2D eigenvalue weighted by molar-refractivity contribution is 5.98. The Kier molecular flexibility index (Phi) is 11.0. The molecule has 0 aliphatic heterocycles. The number of unbranched alkanes of at least 4 members (excludes halogenated alkanes) is 1. The van der Waals surface area contributed by atoms with Crippen molar-refractivity contribution < 1.29 is 33.4 Å². The van der Waals surface area contributed by atoms with Crippen molar-refractivity contribution in [3.8, 4) is 0 Å². The van der Waals surface area contributed by atoms with Gasteiger partial charge in [0.05, 0.1) is 13.2 Å². The molecule has 1 aromatic rings.